The van der Waals surface area contributed by atoms with Crippen molar-refractivity contribution in [2.24, 2.45) is 5.92 Å². The van der Waals surface area contributed by atoms with Gasteiger partial charge in [0.15, 0.2) is 0 Å². The Balaban J connectivity index is 2.75. The molecule has 0 bridgehead atoms. The predicted molar refractivity (Wildman–Crippen MR) is 57.1 cm³/mol. The summed E-state index contributed by atoms with van der Waals surface area (Å²) in [7, 11) is 0. The molecule has 1 heterocycles. The Kier molecular flexibility index (Phi) is 4.10. The number of carboxylic acids is 1. The van der Waals surface area contributed by atoms with Crippen molar-refractivity contribution < 1.29 is 19.1 Å². The molecule has 88 valence electrons. The number of hydrogen-bond acceptors (Lipinski definition) is 3. The van der Waals surface area contributed by atoms with Gasteiger partial charge in [-0.1, -0.05) is 13.8 Å². The third-order valence-electron chi connectivity index (χ3n) is 1.97. The van der Waals surface area contributed by atoms with Crippen LogP contribution in [0, 0.1) is 5.92 Å². The van der Waals surface area contributed by atoms with E-state index in [9.17, 15) is 9.59 Å². The lowest BCUT2D eigenvalue weighted by atomic mass is 10.2. The summed E-state index contributed by atoms with van der Waals surface area (Å²) >= 11 is 0. The van der Waals surface area contributed by atoms with E-state index in [0.717, 1.165) is 0 Å². The van der Waals surface area contributed by atoms with Crippen molar-refractivity contribution in [3.63, 3.8) is 0 Å². The number of carboxylic acid groups (broad SMARTS) is 1. The zero-order valence-electron chi connectivity index (χ0n) is 9.34. The van der Waals surface area contributed by atoms with Crippen LogP contribution in [0.3, 0.4) is 0 Å². The second-order valence-corrected chi connectivity index (χ2v) is 3.99. The van der Waals surface area contributed by atoms with E-state index in [1.54, 1.807) is 0 Å². The first-order valence-electron chi connectivity index (χ1n) is 5.04. The lowest BCUT2D eigenvalue weighted by Crippen LogP contribution is -2.38. The summed E-state index contributed by atoms with van der Waals surface area (Å²) in [5, 5.41) is 8.73. The molecular formula is C11H15NO4. The van der Waals surface area contributed by atoms with E-state index < -0.39 is 5.97 Å². The average Bonchev–Trinajstić information content (AvgIpc) is 2.66. The number of hydrogen-bond donors (Lipinski definition) is 1. The predicted octanol–water partition coefficient (Wildman–Crippen LogP) is 1.46. The smallest absolute Gasteiger partial charge is 0.323 e. The molecule has 0 saturated heterocycles. The molecule has 0 radical (unpaired) electrons. The number of amides is 1. The highest BCUT2D eigenvalue weighted by Gasteiger charge is 2.20. The zero-order chi connectivity index (χ0) is 12.1. The number of rotatable bonds is 5. The summed E-state index contributed by atoms with van der Waals surface area (Å²) in [6, 6.07) is 1.53. The molecule has 0 fully saturated rings. The highest BCUT2D eigenvalue weighted by Crippen LogP contribution is 2.08. The van der Waals surface area contributed by atoms with Gasteiger partial charge in [-0.25, -0.2) is 0 Å². The van der Waals surface area contributed by atoms with E-state index in [0.29, 0.717) is 12.1 Å². The second kappa shape index (κ2) is 5.34. The first kappa shape index (κ1) is 12.3. The third-order valence-corrected chi connectivity index (χ3v) is 1.97. The van der Waals surface area contributed by atoms with Crippen LogP contribution in [0.5, 0.6) is 0 Å². The van der Waals surface area contributed by atoms with E-state index in [-0.39, 0.29) is 18.4 Å². The molecule has 1 N–H and O–H groups in total. The van der Waals surface area contributed by atoms with Crippen LogP contribution in [-0.2, 0) is 4.79 Å². The summed E-state index contributed by atoms with van der Waals surface area (Å²) in [6.07, 6.45) is 2.71. The van der Waals surface area contributed by atoms with E-state index in [1.807, 2.05) is 13.8 Å². The molecule has 16 heavy (non-hydrogen) atoms. The fraction of sp³-hybridized carbons (Fsp3) is 0.455. The number of nitrogens with zero attached hydrogens (tertiary/aromatic N) is 1. The summed E-state index contributed by atoms with van der Waals surface area (Å²) < 4.78 is 4.80. The Morgan fingerprint density at radius 3 is 2.62 bits per heavy atom. The van der Waals surface area contributed by atoms with E-state index >= 15 is 0 Å². The van der Waals surface area contributed by atoms with Crippen molar-refractivity contribution in [1.29, 1.82) is 0 Å². The largest absolute Gasteiger partial charge is 0.480 e. The van der Waals surface area contributed by atoms with Crippen molar-refractivity contribution >= 4 is 11.9 Å². The van der Waals surface area contributed by atoms with Crippen molar-refractivity contribution in [3.05, 3.63) is 24.2 Å². The minimum absolute atomic E-state index is 0.218. The Morgan fingerprint density at radius 1 is 1.50 bits per heavy atom. The fourth-order valence-electron chi connectivity index (χ4n) is 1.39. The standard InChI is InChI=1S/C11H15NO4/c1-8(2)5-12(6-10(13)14)11(15)9-3-4-16-7-9/h3-4,7-8H,5-6H2,1-2H3,(H,13,14). The SMILES string of the molecule is CC(C)CN(CC(=O)O)C(=O)c1ccoc1. The molecule has 1 rings (SSSR count). The summed E-state index contributed by atoms with van der Waals surface area (Å²) in [5.41, 5.74) is 0.377. The number of aliphatic carboxylic acids is 1. The minimum Gasteiger partial charge on any atom is -0.480 e. The van der Waals surface area contributed by atoms with Crippen LogP contribution < -0.4 is 0 Å². The molecule has 0 aromatic carbocycles. The van der Waals surface area contributed by atoms with Gasteiger partial charge in [-0.2, -0.15) is 0 Å². The van der Waals surface area contributed by atoms with Gasteiger partial charge in [-0.3, -0.25) is 9.59 Å². The van der Waals surface area contributed by atoms with Crippen LogP contribution in [0.1, 0.15) is 24.2 Å². The van der Waals surface area contributed by atoms with E-state index in [2.05, 4.69) is 0 Å². The molecule has 0 aliphatic rings. The fourth-order valence-corrected chi connectivity index (χ4v) is 1.39. The average molecular weight is 225 g/mol. The van der Waals surface area contributed by atoms with Crippen LogP contribution in [0.4, 0.5) is 0 Å². The lowest BCUT2D eigenvalue weighted by molar-refractivity contribution is -0.137. The van der Waals surface area contributed by atoms with Crippen LogP contribution >= 0.6 is 0 Å². The van der Waals surface area contributed by atoms with E-state index in [4.69, 9.17) is 9.52 Å². The third kappa shape index (κ3) is 3.42. The molecule has 5 nitrogen and oxygen atoms in total. The Labute approximate surface area is 93.7 Å². The Hall–Kier alpha value is -1.78. The molecule has 0 atom stereocenters. The zero-order valence-corrected chi connectivity index (χ0v) is 9.34. The lowest BCUT2D eigenvalue weighted by Gasteiger charge is -2.21. The van der Waals surface area contributed by atoms with Crippen LogP contribution in [-0.4, -0.2) is 35.0 Å². The van der Waals surface area contributed by atoms with Crippen molar-refractivity contribution in [1.82, 2.24) is 4.90 Å². The first-order valence-corrected chi connectivity index (χ1v) is 5.04. The van der Waals surface area contributed by atoms with E-state index in [1.165, 1.54) is 23.5 Å². The van der Waals surface area contributed by atoms with Crippen molar-refractivity contribution in [2.75, 3.05) is 13.1 Å². The summed E-state index contributed by atoms with van der Waals surface area (Å²) in [6.45, 7) is 3.98. The molecule has 0 aliphatic heterocycles. The summed E-state index contributed by atoms with van der Waals surface area (Å²) in [5.74, 6) is -1.11. The molecule has 0 spiro atoms. The molecule has 5 heteroatoms. The van der Waals surface area contributed by atoms with Gasteiger partial charge in [0.25, 0.3) is 5.91 Å². The quantitative estimate of drug-likeness (QED) is 0.823. The van der Waals surface area contributed by atoms with Gasteiger partial charge in [-0.15, -0.1) is 0 Å². The van der Waals surface area contributed by atoms with Crippen LogP contribution in [0.15, 0.2) is 23.0 Å². The molecule has 0 saturated carbocycles. The second-order valence-electron chi connectivity index (χ2n) is 3.99. The molecule has 0 unspecified atom stereocenters. The maximum Gasteiger partial charge on any atom is 0.323 e. The Bertz CT molecular complexity index is 356. The number of furan rings is 1. The van der Waals surface area contributed by atoms with Gasteiger partial charge in [-0.05, 0) is 12.0 Å². The van der Waals surface area contributed by atoms with Crippen LogP contribution in [0.25, 0.3) is 0 Å². The maximum absolute atomic E-state index is 11.9. The van der Waals surface area contributed by atoms with Gasteiger partial charge in [0.2, 0.25) is 0 Å². The Morgan fingerprint density at radius 2 is 2.19 bits per heavy atom. The summed E-state index contributed by atoms with van der Waals surface area (Å²) in [4.78, 5) is 23.8. The van der Waals surface area contributed by atoms with Crippen LogP contribution in [0.2, 0.25) is 0 Å². The van der Waals surface area contributed by atoms with Gasteiger partial charge in [0.1, 0.15) is 12.8 Å². The number of carbonyl (C=O) groups is 2. The first-order chi connectivity index (χ1) is 7.50. The highest BCUT2D eigenvalue weighted by molar-refractivity contribution is 5.95. The van der Waals surface area contributed by atoms with Crippen molar-refractivity contribution in [2.45, 2.75) is 13.8 Å². The molecule has 1 aromatic rings. The molecule has 1 amide bonds. The van der Waals surface area contributed by atoms with Gasteiger partial charge in [0.05, 0.1) is 11.8 Å². The van der Waals surface area contributed by atoms with Gasteiger partial charge >= 0.3 is 5.97 Å². The minimum atomic E-state index is -1.02. The van der Waals surface area contributed by atoms with Gasteiger partial charge < -0.3 is 14.4 Å². The normalized spacial score (nSPS) is 10.4. The molecule has 0 aliphatic carbocycles. The highest BCUT2D eigenvalue weighted by atomic mass is 16.4. The molecule has 1 aromatic heterocycles. The molecular weight excluding hydrogens is 210 g/mol. The number of carbonyl (C=O) groups excluding carboxylic acids is 1. The monoisotopic (exact) mass is 225 g/mol. The van der Waals surface area contributed by atoms with Gasteiger partial charge in [0, 0.05) is 6.54 Å². The van der Waals surface area contributed by atoms with Crippen molar-refractivity contribution in [3.8, 4) is 0 Å². The topological polar surface area (TPSA) is 70.8 Å². The maximum atomic E-state index is 11.9.